The maximum atomic E-state index is 11.9. The van der Waals surface area contributed by atoms with Gasteiger partial charge < -0.3 is 5.32 Å². The van der Waals surface area contributed by atoms with E-state index in [1.165, 1.54) is 0 Å². The lowest BCUT2D eigenvalue weighted by Crippen LogP contribution is -2.43. The summed E-state index contributed by atoms with van der Waals surface area (Å²) in [4.78, 5) is 13.7. The molecule has 1 N–H and O–H groups in total. The van der Waals surface area contributed by atoms with Crippen LogP contribution >= 0.6 is 0 Å². The first kappa shape index (κ1) is 12.6. The third kappa shape index (κ3) is 3.26. The molecule has 0 spiro atoms. The van der Waals surface area contributed by atoms with E-state index in [1.54, 1.807) is 4.90 Å². The van der Waals surface area contributed by atoms with Crippen molar-refractivity contribution in [1.82, 2.24) is 5.32 Å². The molecule has 0 atom stereocenters. The van der Waals surface area contributed by atoms with Crippen molar-refractivity contribution in [2.45, 2.75) is 33.7 Å². The molecule has 0 aliphatic heterocycles. The van der Waals surface area contributed by atoms with Crippen molar-refractivity contribution in [3.63, 3.8) is 0 Å². The summed E-state index contributed by atoms with van der Waals surface area (Å²) < 4.78 is 0. The monoisotopic (exact) mass is 220 g/mol. The number of anilines is 1. The predicted octanol–water partition coefficient (Wildman–Crippen LogP) is 2.94. The zero-order valence-corrected chi connectivity index (χ0v) is 10.4. The van der Waals surface area contributed by atoms with Gasteiger partial charge in [0, 0.05) is 18.3 Å². The van der Waals surface area contributed by atoms with Crippen LogP contribution in [0.2, 0.25) is 0 Å². The van der Waals surface area contributed by atoms with Gasteiger partial charge in [-0.1, -0.05) is 12.1 Å². The summed E-state index contributed by atoms with van der Waals surface area (Å²) in [5.41, 5.74) is 2.11. The Bertz CT molecular complexity index is 361. The van der Waals surface area contributed by atoms with E-state index in [1.807, 2.05) is 52.0 Å². The summed E-state index contributed by atoms with van der Waals surface area (Å²) in [6.45, 7) is 8.59. The van der Waals surface area contributed by atoms with E-state index in [-0.39, 0.29) is 12.1 Å². The Morgan fingerprint density at radius 1 is 1.44 bits per heavy atom. The van der Waals surface area contributed by atoms with E-state index >= 15 is 0 Å². The lowest BCUT2D eigenvalue weighted by Gasteiger charge is -2.23. The Labute approximate surface area is 97.5 Å². The molecule has 0 fully saturated rings. The number of hydrogen-bond donors (Lipinski definition) is 1. The number of carbonyl (C=O) groups is 1. The summed E-state index contributed by atoms with van der Waals surface area (Å²) in [6.07, 6.45) is 0. The van der Waals surface area contributed by atoms with Crippen LogP contribution in [0.5, 0.6) is 0 Å². The molecule has 0 bridgehead atoms. The molecule has 0 heterocycles. The summed E-state index contributed by atoms with van der Waals surface area (Å²) in [6, 6.07) is 8.09. The van der Waals surface area contributed by atoms with Gasteiger partial charge >= 0.3 is 6.03 Å². The highest BCUT2D eigenvalue weighted by Gasteiger charge is 2.13. The highest BCUT2D eigenvalue weighted by Crippen LogP contribution is 2.15. The van der Waals surface area contributed by atoms with Crippen LogP contribution in [0.25, 0.3) is 0 Å². The number of amides is 2. The van der Waals surface area contributed by atoms with E-state index in [9.17, 15) is 4.79 Å². The molecule has 2 amide bonds. The Kier molecular flexibility index (Phi) is 4.35. The number of carbonyl (C=O) groups excluding carboxylic acids is 1. The largest absolute Gasteiger partial charge is 0.336 e. The highest BCUT2D eigenvalue weighted by atomic mass is 16.2. The zero-order chi connectivity index (χ0) is 12.1. The van der Waals surface area contributed by atoms with Crippen molar-refractivity contribution in [2.24, 2.45) is 0 Å². The van der Waals surface area contributed by atoms with E-state index in [0.717, 1.165) is 11.3 Å². The SMILES string of the molecule is CCN(C(=O)NC(C)C)c1cccc(C)c1. The van der Waals surface area contributed by atoms with Crippen molar-refractivity contribution in [3.8, 4) is 0 Å². The van der Waals surface area contributed by atoms with Gasteiger partial charge in [0.2, 0.25) is 0 Å². The third-order valence-electron chi connectivity index (χ3n) is 2.29. The molecule has 0 aromatic heterocycles. The number of urea groups is 1. The maximum absolute atomic E-state index is 11.9. The van der Waals surface area contributed by atoms with Crippen molar-refractivity contribution >= 4 is 11.7 Å². The number of aryl methyl sites for hydroxylation is 1. The van der Waals surface area contributed by atoms with Gasteiger partial charge in [-0.3, -0.25) is 4.90 Å². The normalized spacial score (nSPS) is 10.3. The van der Waals surface area contributed by atoms with Crippen molar-refractivity contribution < 1.29 is 4.79 Å². The maximum Gasteiger partial charge on any atom is 0.322 e. The first-order valence-corrected chi connectivity index (χ1v) is 5.69. The lowest BCUT2D eigenvalue weighted by molar-refractivity contribution is 0.244. The van der Waals surface area contributed by atoms with Gasteiger partial charge in [-0.05, 0) is 45.4 Å². The van der Waals surface area contributed by atoms with Crippen LogP contribution in [0.3, 0.4) is 0 Å². The second-order valence-corrected chi connectivity index (χ2v) is 4.19. The van der Waals surface area contributed by atoms with Gasteiger partial charge in [0.05, 0.1) is 0 Å². The number of nitrogens with one attached hydrogen (secondary N) is 1. The Morgan fingerprint density at radius 2 is 2.12 bits per heavy atom. The number of benzene rings is 1. The Morgan fingerprint density at radius 3 is 2.62 bits per heavy atom. The predicted molar refractivity (Wildman–Crippen MR) is 67.9 cm³/mol. The molecule has 3 nitrogen and oxygen atoms in total. The van der Waals surface area contributed by atoms with Crippen molar-refractivity contribution in [3.05, 3.63) is 29.8 Å². The van der Waals surface area contributed by atoms with Crippen molar-refractivity contribution in [1.29, 1.82) is 0 Å². The molecule has 0 saturated carbocycles. The molecular weight excluding hydrogens is 200 g/mol. The van der Waals surface area contributed by atoms with Crippen LogP contribution in [-0.4, -0.2) is 18.6 Å². The first-order valence-electron chi connectivity index (χ1n) is 5.69. The van der Waals surface area contributed by atoms with Gasteiger partial charge in [0.15, 0.2) is 0 Å². The van der Waals surface area contributed by atoms with E-state index < -0.39 is 0 Å². The molecule has 0 aliphatic rings. The third-order valence-corrected chi connectivity index (χ3v) is 2.29. The summed E-state index contributed by atoms with van der Waals surface area (Å²) in [5, 5.41) is 2.90. The summed E-state index contributed by atoms with van der Waals surface area (Å²) >= 11 is 0. The number of hydrogen-bond acceptors (Lipinski definition) is 1. The minimum absolute atomic E-state index is 0.0388. The minimum atomic E-state index is -0.0388. The molecule has 0 unspecified atom stereocenters. The van der Waals surface area contributed by atoms with Crippen molar-refractivity contribution in [2.75, 3.05) is 11.4 Å². The van der Waals surface area contributed by atoms with Gasteiger partial charge in [0.25, 0.3) is 0 Å². The zero-order valence-electron chi connectivity index (χ0n) is 10.4. The second-order valence-electron chi connectivity index (χ2n) is 4.19. The Balaban J connectivity index is 2.85. The van der Waals surface area contributed by atoms with Crippen LogP contribution in [0.4, 0.5) is 10.5 Å². The highest BCUT2D eigenvalue weighted by molar-refractivity contribution is 5.92. The summed E-state index contributed by atoms with van der Waals surface area (Å²) in [5.74, 6) is 0. The van der Waals surface area contributed by atoms with Gasteiger partial charge in [0.1, 0.15) is 0 Å². The number of nitrogens with zero attached hydrogens (tertiary/aromatic N) is 1. The molecule has 0 aliphatic carbocycles. The average Bonchev–Trinajstić information content (AvgIpc) is 2.17. The van der Waals surface area contributed by atoms with E-state index in [4.69, 9.17) is 0 Å². The minimum Gasteiger partial charge on any atom is -0.336 e. The quantitative estimate of drug-likeness (QED) is 0.834. The van der Waals surface area contributed by atoms with Gasteiger partial charge in [-0.2, -0.15) is 0 Å². The van der Waals surface area contributed by atoms with Crippen LogP contribution in [0, 0.1) is 6.92 Å². The standard InChI is InChI=1S/C13H20N2O/c1-5-15(13(16)14-10(2)3)12-8-6-7-11(4)9-12/h6-10H,5H2,1-4H3,(H,14,16). The fourth-order valence-corrected chi connectivity index (χ4v) is 1.56. The molecule has 1 aromatic carbocycles. The topological polar surface area (TPSA) is 32.3 Å². The Hall–Kier alpha value is -1.51. The van der Waals surface area contributed by atoms with Gasteiger partial charge in [-0.25, -0.2) is 4.79 Å². The number of rotatable bonds is 3. The molecule has 1 aromatic rings. The smallest absolute Gasteiger partial charge is 0.322 e. The lowest BCUT2D eigenvalue weighted by atomic mass is 10.2. The molecule has 0 radical (unpaired) electrons. The molecule has 16 heavy (non-hydrogen) atoms. The molecule has 0 saturated heterocycles. The second kappa shape index (κ2) is 5.54. The van der Waals surface area contributed by atoms with Gasteiger partial charge in [-0.15, -0.1) is 0 Å². The van der Waals surface area contributed by atoms with Crippen LogP contribution in [0.1, 0.15) is 26.3 Å². The fraction of sp³-hybridized carbons (Fsp3) is 0.462. The molecular formula is C13H20N2O. The first-order chi connectivity index (χ1) is 7.54. The summed E-state index contributed by atoms with van der Waals surface area (Å²) in [7, 11) is 0. The average molecular weight is 220 g/mol. The van der Waals surface area contributed by atoms with E-state index in [0.29, 0.717) is 6.54 Å². The molecule has 88 valence electrons. The van der Waals surface area contributed by atoms with Crippen LogP contribution < -0.4 is 10.2 Å². The molecule has 3 heteroatoms. The van der Waals surface area contributed by atoms with E-state index in [2.05, 4.69) is 5.32 Å². The fourth-order valence-electron chi connectivity index (χ4n) is 1.56. The van der Waals surface area contributed by atoms with Crippen LogP contribution in [0.15, 0.2) is 24.3 Å². The molecule has 1 rings (SSSR count). The van der Waals surface area contributed by atoms with Crippen LogP contribution in [-0.2, 0) is 0 Å².